The highest BCUT2D eigenvalue weighted by Gasteiger charge is 2.31. The van der Waals surface area contributed by atoms with Gasteiger partial charge in [0, 0.05) is 39.9 Å². The van der Waals surface area contributed by atoms with E-state index in [4.69, 9.17) is 9.15 Å². The number of carbonyl (C=O) groups is 1. The third-order valence-corrected chi connectivity index (χ3v) is 5.86. The highest BCUT2D eigenvalue weighted by Crippen LogP contribution is 2.36. The van der Waals surface area contributed by atoms with E-state index in [9.17, 15) is 19.5 Å². The van der Waals surface area contributed by atoms with Crippen LogP contribution in [0.1, 0.15) is 29.0 Å². The van der Waals surface area contributed by atoms with Crippen molar-refractivity contribution >= 4 is 28.9 Å². The van der Waals surface area contributed by atoms with Gasteiger partial charge in [0.25, 0.3) is 16.8 Å². The van der Waals surface area contributed by atoms with Crippen LogP contribution in [0.2, 0.25) is 0 Å². The Labute approximate surface area is 190 Å². The summed E-state index contributed by atoms with van der Waals surface area (Å²) in [6.07, 6.45) is 1.67. The molecule has 33 heavy (non-hydrogen) atoms. The Bertz CT molecular complexity index is 1230. The maximum Gasteiger partial charge on any atom is 0.257 e. The molecular weight excluding hydrogens is 426 g/mol. The van der Waals surface area contributed by atoms with Crippen molar-refractivity contribution in [2.75, 3.05) is 44.1 Å². The molecule has 4 rings (SSSR count). The molecule has 1 amide bonds. The predicted octanol–water partition coefficient (Wildman–Crippen LogP) is 2.90. The van der Waals surface area contributed by atoms with Crippen LogP contribution in [-0.4, -0.2) is 49.8 Å². The van der Waals surface area contributed by atoms with Gasteiger partial charge in [0.2, 0.25) is 0 Å². The normalized spacial score (nSPS) is 14.4. The van der Waals surface area contributed by atoms with Crippen LogP contribution in [0.25, 0.3) is 0 Å². The van der Waals surface area contributed by atoms with E-state index in [1.807, 2.05) is 6.92 Å². The lowest BCUT2D eigenvalue weighted by Crippen LogP contribution is -2.42. The number of furan rings is 1. The molecular formula is C24H27N3O6. The Kier molecular flexibility index (Phi) is 6.24. The molecule has 0 atom stereocenters. The number of para-hydroxylation sites is 1. The second-order valence-corrected chi connectivity index (χ2v) is 8.46. The number of benzene rings is 1. The summed E-state index contributed by atoms with van der Waals surface area (Å²) in [6, 6.07) is 8.20. The molecule has 1 saturated heterocycles. The molecule has 0 spiro atoms. The first kappa shape index (κ1) is 22.6. The van der Waals surface area contributed by atoms with Crippen LogP contribution >= 0.6 is 0 Å². The van der Waals surface area contributed by atoms with Crippen LogP contribution < -0.4 is 21.1 Å². The van der Waals surface area contributed by atoms with Crippen molar-refractivity contribution in [3.8, 4) is 5.75 Å². The second kappa shape index (κ2) is 9.11. The van der Waals surface area contributed by atoms with Gasteiger partial charge in [-0.1, -0.05) is 6.07 Å². The van der Waals surface area contributed by atoms with Gasteiger partial charge < -0.3 is 29.4 Å². The molecule has 0 aliphatic carbocycles. The molecule has 2 heterocycles. The Morgan fingerprint density at radius 3 is 2.48 bits per heavy atom. The number of nitrogens with one attached hydrogen (secondary N) is 1. The van der Waals surface area contributed by atoms with Crippen molar-refractivity contribution < 1.29 is 19.1 Å². The van der Waals surface area contributed by atoms with E-state index in [0.717, 1.165) is 12.8 Å². The van der Waals surface area contributed by atoms with Gasteiger partial charge in [-0.15, -0.1) is 0 Å². The first-order valence-corrected chi connectivity index (χ1v) is 10.8. The zero-order chi connectivity index (χ0) is 23.7. The molecule has 1 aliphatic rings. The van der Waals surface area contributed by atoms with Gasteiger partial charge in [-0.25, -0.2) is 0 Å². The predicted molar refractivity (Wildman–Crippen MR) is 125 cm³/mol. The van der Waals surface area contributed by atoms with Crippen molar-refractivity contribution in [2.24, 2.45) is 5.92 Å². The minimum absolute atomic E-state index is 0.0610. The molecule has 0 radical (unpaired) electrons. The molecule has 1 aromatic heterocycles. The lowest BCUT2D eigenvalue weighted by atomic mass is 9.98. The van der Waals surface area contributed by atoms with Crippen LogP contribution in [0.15, 0.2) is 44.3 Å². The molecule has 1 aliphatic heterocycles. The standard InChI is InChI=1S/C24H27N3O6/c1-14-7-8-18(33-14)27(13-15-9-11-32-12-10-15)20-19(22(29)23(20)30)25-17-6-4-5-16(21(17)28)24(31)26(2)3/h4-8,15,25,28H,9-13H2,1-3H3. The maximum absolute atomic E-state index is 12.7. The highest BCUT2D eigenvalue weighted by molar-refractivity contribution is 5.99. The number of aryl methyl sites for hydroxylation is 1. The number of hydrogen-bond acceptors (Lipinski definition) is 8. The Morgan fingerprint density at radius 1 is 1.12 bits per heavy atom. The van der Waals surface area contributed by atoms with Gasteiger partial charge in [-0.05, 0) is 43.9 Å². The van der Waals surface area contributed by atoms with Crippen molar-refractivity contribution in [3.63, 3.8) is 0 Å². The first-order valence-electron chi connectivity index (χ1n) is 10.8. The van der Waals surface area contributed by atoms with E-state index < -0.39 is 10.9 Å². The van der Waals surface area contributed by atoms with Crippen LogP contribution in [0.3, 0.4) is 0 Å². The largest absolute Gasteiger partial charge is 0.505 e. The summed E-state index contributed by atoms with van der Waals surface area (Å²) in [5, 5.41) is 13.5. The van der Waals surface area contributed by atoms with Crippen LogP contribution in [0.5, 0.6) is 5.75 Å². The molecule has 174 valence electrons. The zero-order valence-electron chi connectivity index (χ0n) is 18.9. The van der Waals surface area contributed by atoms with E-state index in [1.54, 1.807) is 43.3 Å². The molecule has 3 aromatic rings. The smallest absolute Gasteiger partial charge is 0.257 e. The summed E-state index contributed by atoms with van der Waals surface area (Å²) in [5.41, 5.74) is -0.813. The number of phenols is 1. The highest BCUT2D eigenvalue weighted by atomic mass is 16.5. The van der Waals surface area contributed by atoms with Crippen LogP contribution in [-0.2, 0) is 4.74 Å². The minimum atomic E-state index is -0.686. The third kappa shape index (κ3) is 4.36. The number of aromatic hydroxyl groups is 1. The Balaban J connectivity index is 1.70. The summed E-state index contributed by atoms with van der Waals surface area (Å²) < 4.78 is 11.2. The summed E-state index contributed by atoms with van der Waals surface area (Å²) in [4.78, 5) is 40.7. The molecule has 1 fully saturated rings. The van der Waals surface area contributed by atoms with Crippen LogP contribution in [0, 0.1) is 12.8 Å². The van der Waals surface area contributed by atoms with E-state index >= 15 is 0 Å². The van der Waals surface area contributed by atoms with Crippen molar-refractivity contribution in [2.45, 2.75) is 19.8 Å². The fourth-order valence-corrected chi connectivity index (χ4v) is 3.99. The van der Waals surface area contributed by atoms with Gasteiger partial charge in [0.1, 0.15) is 17.1 Å². The molecule has 2 aromatic carbocycles. The SMILES string of the molecule is Cc1ccc(N(CC2CCOCC2)c2c(Nc3cccc(C(=O)N(C)C)c3O)c(=O)c2=O)o1. The third-order valence-electron chi connectivity index (χ3n) is 5.86. The molecule has 0 bridgehead atoms. The number of carbonyl (C=O) groups excluding carboxylic acids is 1. The van der Waals surface area contributed by atoms with Gasteiger partial charge in [-0.2, -0.15) is 0 Å². The Hall–Kier alpha value is -3.59. The number of hydrogen-bond donors (Lipinski definition) is 2. The lowest BCUT2D eigenvalue weighted by Gasteiger charge is -2.31. The summed E-state index contributed by atoms with van der Waals surface area (Å²) in [6.45, 7) is 3.59. The van der Waals surface area contributed by atoms with Gasteiger partial charge in [0.15, 0.2) is 11.6 Å². The van der Waals surface area contributed by atoms with Gasteiger partial charge >= 0.3 is 0 Å². The summed E-state index contributed by atoms with van der Waals surface area (Å²) >= 11 is 0. The molecule has 2 N–H and O–H groups in total. The molecule has 0 saturated carbocycles. The molecule has 9 heteroatoms. The van der Waals surface area contributed by atoms with Crippen molar-refractivity contribution in [1.29, 1.82) is 0 Å². The van der Waals surface area contributed by atoms with E-state index in [-0.39, 0.29) is 40.2 Å². The lowest BCUT2D eigenvalue weighted by molar-refractivity contribution is 0.0686. The maximum atomic E-state index is 12.7. The second-order valence-electron chi connectivity index (χ2n) is 8.46. The van der Waals surface area contributed by atoms with Gasteiger partial charge in [-0.3, -0.25) is 14.4 Å². The monoisotopic (exact) mass is 453 g/mol. The minimum Gasteiger partial charge on any atom is -0.505 e. The van der Waals surface area contributed by atoms with Gasteiger partial charge in [0.05, 0.1) is 11.3 Å². The van der Waals surface area contributed by atoms with E-state index in [2.05, 4.69) is 5.32 Å². The van der Waals surface area contributed by atoms with E-state index in [1.165, 1.54) is 11.0 Å². The average Bonchev–Trinajstić information content (AvgIpc) is 3.25. The topological polar surface area (TPSA) is 112 Å². The van der Waals surface area contributed by atoms with Crippen LogP contribution in [0.4, 0.5) is 22.9 Å². The fourth-order valence-electron chi connectivity index (χ4n) is 3.99. The zero-order valence-corrected chi connectivity index (χ0v) is 18.9. The number of ether oxygens (including phenoxy) is 1. The Morgan fingerprint density at radius 2 is 1.85 bits per heavy atom. The number of amides is 1. The van der Waals surface area contributed by atoms with Crippen molar-refractivity contribution in [1.82, 2.24) is 4.90 Å². The molecule has 9 nitrogen and oxygen atoms in total. The fraction of sp³-hybridized carbons (Fsp3) is 0.375. The first-order chi connectivity index (χ1) is 15.8. The number of anilines is 4. The number of nitrogens with zero attached hydrogens (tertiary/aromatic N) is 2. The quantitative estimate of drug-likeness (QED) is 0.415. The molecule has 0 unspecified atom stereocenters. The summed E-state index contributed by atoms with van der Waals surface area (Å²) in [7, 11) is 3.16. The van der Waals surface area contributed by atoms with E-state index in [0.29, 0.717) is 31.4 Å². The average molecular weight is 453 g/mol. The summed E-state index contributed by atoms with van der Waals surface area (Å²) in [5.74, 6) is 0.738. The van der Waals surface area contributed by atoms with Crippen molar-refractivity contribution in [3.05, 3.63) is 62.1 Å². The number of phenolic OH excluding ortho intramolecular Hbond substituents is 1. The number of rotatable bonds is 7.